The molecule has 20 atom stereocenters. The molecule has 0 heterocycles. The van der Waals surface area contributed by atoms with Gasteiger partial charge in [-0.15, -0.1) is 0 Å². The van der Waals surface area contributed by atoms with Crippen LogP contribution in [0.4, 0.5) is 0 Å². The smallest absolute Gasteiger partial charge is 0.312 e. The van der Waals surface area contributed by atoms with Gasteiger partial charge in [0.15, 0.2) is 0 Å². The maximum absolute atomic E-state index is 13.2. The zero-order valence-corrected chi connectivity index (χ0v) is 62.8. The van der Waals surface area contributed by atoms with E-state index in [1.165, 1.54) is 80.9 Å². The normalized spacial score (nSPS) is 39.1. The van der Waals surface area contributed by atoms with Crippen molar-refractivity contribution in [3.05, 3.63) is 47.6 Å². The third kappa shape index (κ3) is 13.8. The second-order valence-corrected chi connectivity index (χ2v) is 35.6. The molecule has 11 fully saturated rings. The molecule has 534 valence electrons. The molecule has 0 aromatic carbocycles. The molecular weight excluding hydrogens is 1190 g/mol. The second-order valence-electron chi connectivity index (χ2n) is 35.6. The molecule has 0 saturated heterocycles. The molecule has 11 saturated carbocycles. The van der Waals surface area contributed by atoms with Crippen molar-refractivity contribution in [2.75, 3.05) is 0 Å². The van der Waals surface area contributed by atoms with Crippen LogP contribution in [0, 0.1) is 105 Å². The lowest BCUT2D eigenvalue weighted by atomic mass is 9.68. The van der Waals surface area contributed by atoms with Crippen LogP contribution in [0.5, 0.6) is 0 Å². The van der Waals surface area contributed by atoms with Crippen LogP contribution in [-0.4, -0.2) is 70.4 Å². The largest absolute Gasteiger partial charge is 0.462 e. The number of allylic oxidation sites excluding steroid dienone is 2. The number of hydrogen-bond donors (Lipinski definition) is 0. The number of carbonyl (C=O) groups is 6. The monoisotopic (exact) mass is 1320 g/mol. The maximum atomic E-state index is 13.2. The van der Waals surface area contributed by atoms with Gasteiger partial charge >= 0.3 is 29.8 Å². The summed E-state index contributed by atoms with van der Waals surface area (Å²) in [5.41, 5.74) is 1.17. The van der Waals surface area contributed by atoms with Gasteiger partial charge in [-0.05, 0) is 294 Å². The first-order valence-electron chi connectivity index (χ1n) is 38.5. The molecule has 0 N–H and O–H groups in total. The number of esters is 5. The number of ether oxygens (including phenoxy) is 6. The van der Waals surface area contributed by atoms with Gasteiger partial charge in [-0.1, -0.05) is 92.0 Å². The molecule has 0 spiro atoms. The van der Waals surface area contributed by atoms with Crippen LogP contribution in [0.1, 0.15) is 298 Å². The molecule has 12 heteroatoms. The van der Waals surface area contributed by atoms with E-state index >= 15 is 0 Å². The summed E-state index contributed by atoms with van der Waals surface area (Å²) in [6.07, 6.45) is 32.1. The fourth-order valence-electron chi connectivity index (χ4n) is 21.7. The Labute approximate surface area is 575 Å². The highest BCUT2D eigenvalue weighted by molar-refractivity contribution is 5.78. The molecule has 95 heavy (non-hydrogen) atoms. The standard InChI is InChI=1S/C25H38O4.C22H34O4.C18H28O2.C18H30O2/c1-6-22(26)28-17-12-18-16-11-21(19(18)13-17)25(14-16,20-10-8-9-15(20)3)29-23(27)24(4,5)7-2;1-6-15(3)11-22(26-19(24)20(4,5)7-2)13-21(25-14-23)12-18(22)16-9-8-10-17(16)21;1-5-17(3,4)16(19)20-18(6-2)11-12-10-15(18)14-9-7-8-13(12)14;1-7-17(5,6)16(19)20-18(12(2)3)11-13(4)14-9-8-10-15(14)18/h16-19,21H,6-14H2,1-5H3;11,14,16-18H,6-10,12-13H2,1-5H3;6,12-15H,2,5,7-11H2,1,3-4H3;13-15H,2,7-11H2,1,3-6H3/b;15-11-;;. The third-order valence-corrected chi connectivity index (χ3v) is 28.9. The Morgan fingerprint density at radius 3 is 1.62 bits per heavy atom. The highest BCUT2D eigenvalue weighted by Gasteiger charge is 2.72. The fourth-order valence-corrected chi connectivity index (χ4v) is 21.7. The zero-order valence-electron chi connectivity index (χ0n) is 62.8. The lowest BCUT2D eigenvalue weighted by molar-refractivity contribution is -0.180. The van der Waals surface area contributed by atoms with Crippen LogP contribution in [0.3, 0.4) is 0 Å². The fraction of sp³-hybridized carbons (Fsp3) is 0.831. The van der Waals surface area contributed by atoms with E-state index in [0.717, 1.165) is 120 Å². The minimum Gasteiger partial charge on any atom is -0.462 e. The average molecular weight is 1320 g/mol. The van der Waals surface area contributed by atoms with E-state index in [1.807, 2.05) is 89.2 Å². The molecule has 0 aromatic heterocycles. The Kier molecular flexibility index (Phi) is 22.4. The Morgan fingerprint density at radius 2 is 1.06 bits per heavy atom. The highest BCUT2D eigenvalue weighted by atomic mass is 16.6. The van der Waals surface area contributed by atoms with Gasteiger partial charge in [0.1, 0.15) is 34.1 Å². The first-order valence-corrected chi connectivity index (χ1v) is 38.5. The molecule has 12 nitrogen and oxygen atoms in total. The average Bonchev–Trinajstić information content (AvgIpc) is 1.55. The molecule has 0 aromatic rings. The minimum atomic E-state index is -0.627. The summed E-state index contributed by atoms with van der Waals surface area (Å²) in [5.74, 6) is 7.78. The molecule has 20 unspecified atom stereocenters. The predicted molar refractivity (Wildman–Crippen MR) is 375 cm³/mol. The molecule has 12 aliphatic carbocycles. The Balaban J connectivity index is 0.000000151. The summed E-state index contributed by atoms with van der Waals surface area (Å²) in [7, 11) is 0. The van der Waals surface area contributed by atoms with E-state index in [-0.39, 0.29) is 52.9 Å². The Morgan fingerprint density at radius 1 is 0.537 bits per heavy atom. The van der Waals surface area contributed by atoms with Crippen molar-refractivity contribution in [3.63, 3.8) is 0 Å². The van der Waals surface area contributed by atoms with Gasteiger partial charge in [-0.25, -0.2) is 0 Å². The van der Waals surface area contributed by atoms with Gasteiger partial charge in [-0.2, -0.15) is 0 Å². The van der Waals surface area contributed by atoms with E-state index in [9.17, 15) is 28.8 Å². The lowest BCUT2D eigenvalue weighted by Crippen LogP contribution is -2.50. The number of hydrogen-bond acceptors (Lipinski definition) is 12. The quantitative estimate of drug-likeness (QED) is 0.0464. The van der Waals surface area contributed by atoms with Crippen molar-refractivity contribution in [3.8, 4) is 0 Å². The number of fused-ring (bicyclic) bond motifs is 16. The van der Waals surface area contributed by atoms with Crippen LogP contribution in [0.2, 0.25) is 0 Å². The van der Waals surface area contributed by atoms with Gasteiger partial charge in [0.2, 0.25) is 0 Å². The Hall–Kier alpha value is -4.22. The topological polar surface area (TPSA) is 158 Å². The van der Waals surface area contributed by atoms with Crippen molar-refractivity contribution in [1.82, 2.24) is 0 Å². The minimum absolute atomic E-state index is 0.0387. The Bertz CT molecular complexity index is 2920. The van der Waals surface area contributed by atoms with Gasteiger partial charge < -0.3 is 28.4 Å². The van der Waals surface area contributed by atoms with Crippen molar-refractivity contribution in [2.45, 2.75) is 332 Å². The molecule has 0 aliphatic heterocycles. The van der Waals surface area contributed by atoms with E-state index in [4.69, 9.17) is 28.4 Å². The third-order valence-electron chi connectivity index (χ3n) is 28.9. The lowest BCUT2D eigenvalue weighted by Gasteiger charge is -2.45. The van der Waals surface area contributed by atoms with Crippen molar-refractivity contribution < 1.29 is 57.2 Å². The van der Waals surface area contributed by atoms with Crippen LogP contribution < -0.4 is 0 Å². The number of carbonyl (C=O) groups excluding carboxylic acids is 6. The van der Waals surface area contributed by atoms with Crippen LogP contribution in [0.25, 0.3) is 0 Å². The van der Waals surface area contributed by atoms with Gasteiger partial charge in [0.25, 0.3) is 6.47 Å². The van der Waals surface area contributed by atoms with Crippen molar-refractivity contribution in [2.24, 2.45) is 105 Å². The molecule has 6 bridgehead atoms. The summed E-state index contributed by atoms with van der Waals surface area (Å²) in [6, 6.07) is 0. The van der Waals surface area contributed by atoms with E-state index in [0.29, 0.717) is 78.5 Å². The highest BCUT2D eigenvalue weighted by Crippen LogP contribution is 2.70. The summed E-state index contributed by atoms with van der Waals surface area (Å²) in [5, 5.41) is 0. The molecule has 12 aliphatic rings. The van der Waals surface area contributed by atoms with Crippen LogP contribution >= 0.6 is 0 Å². The van der Waals surface area contributed by atoms with E-state index in [1.54, 1.807) is 0 Å². The van der Waals surface area contributed by atoms with Gasteiger partial charge in [0, 0.05) is 42.4 Å². The molecule has 12 rings (SSSR count). The van der Waals surface area contributed by atoms with Crippen molar-refractivity contribution in [1.29, 1.82) is 0 Å². The summed E-state index contributed by atoms with van der Waals surface area (Å²) < 4.78 is 36.7. The first-order chi connectivity index (χ1) is 44.6. The zero-order chi connectivity index (χ0) is 69.8. The van der Waals surface area contributed by atoms with E-state index < -0.39 is 38.6 Å². The maximum Gasteiger partial charge on any atom is 0.312 e. The SMILES string of the molecule is C=C(C)C1(OC(=O)C(C)(C)CC)CC(C)C2CCCC21.C=CC1(OC(=O)C(C)(C)CC)CC2CC1C1CCCC21.CC/C(C)=C\C1(OC(=O)C(C)(C)CC)CC2(OC=O)CC1C1CCCC12.CCC(=O)OC1CC2C3CC(C2C1)C(OC(=O)C(C)(C)CC)(C1=C(C)CCC1)C3. The predicted octanol–water partition coefficient (Wildman–Crippen LogP) is 19.5. The first kappa shape index (κ1) is 75.0. The molecular formula is C83H130O12. The van der Waals surface area contributed by atoms with Crippen LogP contribution in [0.15, 0.2) is 47.6 Å². The van der Waals surface area contributed by atoms with E-state index in [2.05, 4.69) is 60.8 Å². The molecule has 0 radical (unpaired) electrons. The van der Waals surface area contributed by atoms with Gasteiger partial charge in [-0.3, -0.25) is 28.8 Å². The van der Waals surface area contributed by atoms with Crippen LogP contribution in [-0.2, 0) is 57.2 Å². The summed E-state index contributed by atoms with van der Waals surface area (Å²) in [4.78, 5) is 74.5. The molecule has 0 amide bonds. The number of rotatable bonds is 21. The summed E-state index contributed by atoms with van der Waals surface area (Å²) in [6.45, 7) is 45.5. The van der Waals surface area contributed by atoms with Crippen molar-refractivity contribution >= 4 is 36.3 Å². The summed E-state index contributed by atoms with van der Waals surface area (Å²) >= 11 is 0. The van der Waals surface area contributed by atoms with Gasteiger partial charge in [0.05, 0.1) is 21.7 Å². The second kappa shape index (κ2) is 28.4.